The standard InChI is InChI=1S/C27H28ClN3O2.C4H4O4/c1-19(2)29-11-9-24-16-21-15-23(7-8-26(21)30(24)14-13-29)31-12-10-25(17-27(31)32)33-18-20-3-5-22(28)6-4-20;5-3(6)1-2-4(7)8/h3-8,10,12,15-17,19H,9,11,13-14,18H2,1-2H3;1-2H,(H,5,6)(H,7,8)/b;2-1-. The Labute approximate surface area is 242 Å². The quantitative estimate of drug-likeness (QED) is 0.297. The van der Waals surface area contributed by atoms with Crippen molar-refractivity contribution in [2.75, 3.05) is 13.1 Å². The van der Waals surface area contributed by atoms with Gasteiger partial charge in [0.05, 0.1) is 0 Å². The monoisotopic (exact) mass is 577 g/mol. The van der Waals surface area contributed by atoms with E-state index >= 15 is 0 Å². The molecule has 0 spiro atoms. The number of halogens is 1. The van der Waals surface area contributed by atoms with Gasteiger partial charge in [-0.3, -0.25) is 14.3 Å². The van der Waals surface area contributed by atoms with Crippen LogP contribution in [0, 0.1) is 0 Å². The minimum Gasteiger partial charge on any atom is -0.489 e. The number of pyridine rings is 1. The summed E-state index contributed by atoms with van der Waals surface area (Å²) < 4.78 is 9.90. The fourth-order valence-electron chi connectivity index (χ4n) is 4.71. The van der Waals surface area contributed by atoms with Crippen LogP contribution in [-0.2, 0) is 29.2 Å². The Morgan fingerprint density at radius 2 is 1.66 bits per heavy atom. The molecule has 10 heteroatoms. The van der Waals surface area contributed by atoms with Crippen LogP contribution in [0.15, 0.2) is 83.8 Å². The highest BCUT2D eigenvalue weighted by atomic mass is 35.5. The van der Waals surface area contributed by atoms with E-state index in [1.807, 2.05) is 36.4 Å². The third kappa shape index (κ3) is 7.87. The van der Waals surface area contributed by atoms with Crippen LogP contribution in [-0.4, -0.2) is 55.3 Å². The van der Waals surface area contributed by atoms with Crippen molar-refractivity contribution in [1.82, 2.24) is 14.0 Å². The van der Waals surface area contributed by atoms with Gasteiger partial charge in [0.1, 0.15) is 12.4 Å². The molecule has 1 aliphatic heterocycles. The van der Waals surface area contributed by atoms with Crippen LogP contribution in [0.25, 0.3) is 16.6 Å². The highest BCUT2D eigenvalue weighted by Crippen LogP contribution is 2.25. The Morgan fingerprint density at radius 1 is 0.951 bits per heavy atom. The first kappa shape index (κ1) is 29.6. The zero-order chi connectivity index (χ0) is 29.5. The summed E-state index contributed by atoms with van der Waals surface area (Å²) in [7, 11) is 0. The minimum absolute atomic E-state index is 0.115. The Hall–Kier alpha value is -4.34. The lowest BCUT2D eigenvalue weighted by atomic mass is 10.2. The van der Waals surface area contributed by atoms with Gasteiger partial charge in [-0.05, 0) is 61.9 Å². The summed E-state index contributed by atoms with van der Waals surface area (Å²) in [5.74, 6) is -1.96. The molecule has 0 bridgehead atoms. The lowest BCUT2D eigenvalue weighted by molar-refractivity contribution is -0.134. The third-order valence-corrected chi connectivity index (χ3v) is 7.08. The smallest absolute Gasteiger partial charge is 0.328 e. The van der Waals surface area contributed by atoms with Gasteiger partial charge in [-0.2, -0.15) is 0 Å². The van der Waals surface area contributed by atoms with Crippen LogP contribution in [0.5, 0.6) is 5.75 Å². The summed E-state index contributed by atoms with van der Waals surface area (Å²) in [5.41, 5.74) is 4.34. The summed E-state index contributed by atoms with van der Waals surface area (Å²) in [6.45, 7) is 8.05. The Bertz CT molecular complexity index is 1610. The van der Waals surface area contributed by atoms with Gasteiger partial charge in [-0.25, -0.2) is 9.59 Å². The maximum atomic E-state index is 12.8. The fraction of sp³-hybridized carbons (Fsp3) is 0.258. The van der Waals surface area contributed by atoms with E-state index in [0.29, 0.717) is 35.6 Å². The van der Waals surface area contributed by atoms with Gasteiger partial charge in [-0.1, -0.05) is 23.7 Å². The number of ether oxygens (including phenoxy) is 1. The maximum absolute atomic E-state index is 12.8. The number of carboxylic acid groups (broad SMARTS) is 2. The van der Waals surface area contributed by atoms with Crippen molar-refractivity contribution in [3.8, 4) is 11.4 Å². The predicted octanol–water partition coefficient (Wildman–Crippen LogP) is 5.00. The highest BCUT2D eigenvalue weighted by Gasteiger charge is 2.18. The van der Waals surface area contributed by atoms with Gasteiger partial charge < -0.3 is 19.5 Å². The largest absolute Gasteiger partial charge is 0.489 e. The van der Waals surface area contributed by atoms with Gasteiger partial charge in [0.15, 0.2) is 0 Å². The second-order valence-corrected chi connectivity index (χ2v) is 10.3. The van der Waals surface area contributed by atoms with Crippen molar-refractivity contribution < 1.29 is 24.5 Å². The second kappa shape index (κ2) is 13.3. The van der Waals surface area contributed by atoms with Crippen LogP contribution in [0.4, 0.5) is 0 Å². The topological polar surface area (TPSA) is 114 Å². The molecule has 2 N–H and O–H groups in total. The van der Waals surface area contributed by atoms with Gasteiger partial charge in [-0.15, -0.1) is 0 Å². The van der Waals surface area contributed by atoms with E-state index in [2.05, 4.69) is 41.5 Å². The molecule has 1 aliphatic rings. The molecule has 4 aromatic rings. The molecular weight excluding hydrogens is 546 g/mol. The zero-order valence-electron chi connectivity index (χ0n) is 22.9. The first-order chi connectivity index (χ1) is 19.6. The summed E-state index contributed by atoms with van der Waals surface area (Å²) >= 11 is 5.93. The molecule has 5 rings (SSSR count). The number of nitrogens with zero attached hydrogens (tertiary/aromatic N) is 3. The molecule has 214 valence electrons. The number of hydrogen-bond acceptors (Lipinski definition) is 5. The number of fused-ring (bicyclic) bond motifs is 3. The number of benzene rings is 2. The van der Waals surface area contributed by atoms with Gasteiger partial charge in [0.2, 0.25) is 0 Å². The summed E-state index contributed by atoms with van der Waals surface area (Å²) in [6.07, 6.45) is 3.94. The number of carbonyl (C=O) groups is 2. The van der Waals surface area contributed by atoms with Crippen molar-refractivity contribution in [2.24, 2.45) is 0 Å². The lowest BCUT2D eigenvalue weighted by Gasteiger charge is -2.23. The average molecular weight is 578 g/mol. The van der Waals surface area contributed by atoms with Gasteiger partial charge in [0, 0.05) is 83.8 Å². The molecule has 0 saturated carbocycles. The van der Waals surface area contributed by atoms with Crippen molar-refractivity contribution in [1.29, 1.82) is 0 Å². The van der Waals surface area contributed by atoms with E-state index in [1.165, 1.54) is 22.7 Å². The molecule has 0 amide bonds. The summed E-state index contributed by atoms with van der Waals surface area (Å²) in [5, 5.41) is 17.5. The highest BCUT2D eigenvalue weighted by molar-refractivity contribution is 6.30. The van der Waals surface area contributed by atoms with E-state index in [-0.39, 0.29) is 5.56 Å². The molecule has 0 saturated heterocycles. The number of carboxylic acids is 2. The average Bonchev–Trinajstić information content (AvgIpc) is 3.14. The zero-order valence-corrected chi connectivity index (χ0v) is 23.6. The number of aliphatic carboxylic acids is 2. The van der Waals surface area contributed by atoms with E-state index < -0.39 is 11.9 Å². The minimum atomic E-state index is -1.26. The van der Waals surface area contributed by atoms with Crippen molar-refractivity contribution in [3.63, 3.8) is 0 Å². The number of rotatable bonds is 7. The van der Waals surface area contributed by atoms with E-state index in [9.17, 15) is 14.4 Å². The third-order valence-electron chi connectivity index (χ3n) is 6.82. The Kier molecular flexibility index (Phi) is 9.65. The van der Waals surface area contributed by atoms with Crippen LogP contribution in [0.3, 0.4) is 0 Å². The molecule has 0 fully saturated rings. The van der Waals surface area contributed by atoms with Crippen LogP contribution < -0.4 is 10.3 Å². The Morgan fingerprint density at radius 3 is 2.29 bits per heavy atom. The maximum Gasteiger partial charge on any atom is 0.328 e. The van der Waals surface area contributed by atoms with Crippen LogP contribution >= 0.6 is 11.6 Å². The lowest BCUT2D eigenvalue weighted by Crippen LogP contribution is -2.33. The van der Waals surface area contributed by atoms with E-state index in [0.717, 1.165) is 37.3 Å². The van der Waals surface area contributed by atoms with Crippen LogP contribution in [0.2, 0.25) is 5.02 Å². The molecule has 0 unspecified atom stereocenters. The summed E-state index contributed by atoms with van der Waals surface area (Å²) in [6, 6.07) is 20.0. The number of aromatic nitrogens is 2. The van der Waals surface area contributed by atoms with E-state index in [1.54, 1.807) is 10.8 Å². The van der Waals surface area contributed by atoms with Gasteiger partial charge in [0.25, 0.3) is 5.56 Å². The van der Waals surface area contributed by atoms with Crippen molar-refractivity contribution in [3.05, 3.63) is 106 Å². The summed E-state index contributed by atoms with van der Waals surface area (Å²) in [4.78, 5) is 34.5. The van der Waals surface area contributed by atoms with Crippen molar-refractivity contribution >= 4 is 34.4 Å². The van der Waals surface area contributed by atoms with Crippen molar-refractivity contribution in [2.45, 2.75) is 39.5 Å². The second-order valence-electron chi connectivity index (χ2n) is 9.91. The number of hydrogen-bond donors (Lipinski definition) is 2. The molecular formula is C31H32ClN3O6. The molecule has 0 radical (unpaired) electrons. The van der Waals surface area contributed by atoms with Crippen LogP contribution in [0.1, 0.15) is 25.1 Å². The molecule has 2 aromatic carbocycles. The molecule has 9 nitrogen and oxygen atoms in total. The molecule has 0 aliphatic carbocycles. The first-order valence-electron chi connectivity index (χ1n) is 13.2. The molecule has 2 aromatic heterocycles. The normalized spacial score (nSPS) is 13.5. The SMILES string of the molecule is CC(C)N1CCc2cc3cc(-n4ccc(OCc5ccc(Cl)cc5)cc4=O)ccc3n2CC1.O=C(O)/C=C\C(=O)O. The first-order valence-corrected chi connectivity index (χ1v) is 13.6. The molecule has 41 heavy (non-hydrogen) atoms. The fourth-order valence-corrected chi connectivity index (χ4v) is 4.83. The predicted molar refractivity (Wildman–Crippen MR) is 158 cm³/mol. The van der Waals surface area contributed by atoms with E-state index in [4.69, 9.17) is 26.6 Å². The molecule has 0 atom stereocenters. The molecule has 3 heterocycles. The van der Waals surface area contributed by atoms with Gasteiger partial charge >= 0.3 is 11.9 Å². The Balaban J connectivity index is 0.000000426.